The van der Waals surface area contributed by atoms with Crippen molar-refractivity contribution in [3.05, 3.63) is 48.3 Å². The summed E-state index contributed by atoms with van der Waals surface area (Å²) in [6.45, 7) is 0. The maximum absolute atomic E-state index is 13.5. The fraction of sp³-hybridized carbons (Fsp3) is 0.0769. The number of methoxy groups -OCH3 is 1. The fourth-order valence-electron chi connectivity index (χ4n) is 1.58. The summed E-state index contributed by atoms with van der Waals surface area (Å²) in [5, 5.41) is 17.8. The van der Waals surface area contributed by atoms with Crippen molar-refractivity contribution in [2.75, 3.05) is 7.11 Å². The Hall–Kier alpha value is -2.05. The Bertz CT molecular complexity index is 574. The maximum atomic E-state index is 13.5. The first kappa shape index (κ1) is 13.4. The maximum Gasteiger partial charge on any atom is 0.491 e. The van der Waals surface area contributed by atoms with Crippen molar-refractivity contribution in [1.82, 2.24) is 0 Å². The molecular formula is C13H12BFO4. The number of rotatable bonds is 4. The third kappa shape index (κ3) is 3.24. The molecule has 0 aliphatic rings. The van der Waals surface area contributed by atoms with E-state index < -0.39 is 12.9 Å². The Morgan fingerprint density at radius 1 is 1.00 bits per heavy atom. The summed E-state index contributed by atoms with van der Waals surface area (Å²) < 4.78 is 24.0. The molecule has 0 aromatic heterocycles. The van der Waals surface area contributed by atoms with E-state index in [4.69, 9.17) is 19.5 Å². The van der Waals surface area contributed by atoms with E-state index in [9.17, 15) is 4.39 Å². The van der Waals surface area contributed by atoms with Gasteiger partial charge in [0.25, 0.3) is 0 Å². The summed E-state index contributed by atoms with van der Waals surface area (Å²) in [5.41, 5.74) is -0.196. The topological polar surface area (TPSA) is 58.9 Å². The first-order valence-electron chi connectivity index (χ1n) is 5.57. The third-order valence-corrected chi connectivity index (χ3v) is 2.53. The van der Waals surface area contributed by atoms with Gasteiger partial charge in [-0.25, -0.2) is 4.39 Å². The highest BCUT2D eigenvalue weighted by Gasteiger charge is 2.16. The van der Waals surface area contributed by atoms with Gasteiger partial charge in [-0.1, -0.05) is 12.1 Å². The van der Waals surface area contributed by atoms with Crippen LogP contribution in [0.1, 0.15) is 0 Å². The highest BCUT2D eigenvalue weighted by atomic mass is 19.1. The number of hydrogen-bond acceptors (Lipinski definition) is 4. The molecular weight excluding hydrogens is 250 g/mol. The van der Waals surface area contributed by atoms with Crippen LogP contribution in [-0.2, 0) is 0 Å². The van der Waals surface area contributed by atoms with Gasteiger partial charge in [-0.15, -0.1) is 0 Å². The first-order chi connectivity index (χ1) is 9.10. The van der Waals surface area contributed by atoms with Crippen molar-refractivity contribution in [1.29, 1.82) is 0 Å². The van der Waals surface area contributed by atoms with Crippen molar-refractivity contribution >= 4 is 12.6 Å². The monoisotopic (exact) mass is 262 g/mol. The molecule has 2 aromatic carbocycles. The summed E-state index contributed by atoms with van der Waals surface area (Å²) in [7, 11) is -0.304. The van der Waals surface area contributed by atoms with E-state index in [2.05, 4.69) is 0 Å². The molecule has 0 unspecified atom stereocenters. The zero-order valence-corrected chi connectivity index (χ0v) is 10.2. The van der Waals surface area contributed by atoms with E-state index >= 15 is 0 Å². The predicted octanol–water partition coefficient (Wildman–Crippen LogP) is 1.31. The lowest BCUT2D eigenvalue weighted by Gasteiger charge is -2.08. The van der Waals surface area contributed by atoms with Gasteiger partial charge in [0.2, 0.25) is 0 Å². The summed E-state index contributed by atoms with van der Waals surface area (Å²) in [6, 6.07) is 10.7. The van der Waals surface area contributed by atoms with Crippen molar-refractivity contribution < 1.29 is 23.9 Å². The lowest BCUT2D eigenvalue weighted by atomic mass is 9.80. The predicted molar refractivity (Wildman–Crippen MR) is 69.3 cm³/mol. The van der Waals surface area contributed by atoms with Crippen LogP contribution in [0.3, 0.4) is 0 Å². The van der Waals surface area contributed by atoms with Crippen molar-refractivity contribution in [2.45, 2.75) is 0 Å². The Morgan fingerprint density at radius 2 is 1.68 bits per heavy atom. The standard InChI is InChI=1S/C13H12BFO4/c1-18-9-3-2-4-10(7-9)19-11-5-6-12(14(16)17)13(15)8-11/h2-8,16-17H,1H3. The summed E-state index contributed by atoms with van der Waals surface area (Å²) in [5.74, 6) is 0.641. The van der Waals surface area contributed by atoms with Gasteiger partial charge in [0.1, 0.15) is 23.1 Å². The van der Waals surface area contributed by atoms with Crippen molar-refractivity contribution in [3.8, 4) is 17.2 Å². The lowest BCUT2D eigenvalue weighted by Crippen LogP contribution is -2.32. The molecule has 0 saturated heterocycles. The number of benzene rings is 2. The van der Waals surface area contributed by atoms with E-state index in [1.165, 1.54) is 19.2 Å². The molecule has 0 spiro atoms. The largest absolute Gasteiger partial charge is 0.497 e. The lowest BCUT2D eigenvalue weighted by molar-refractivity contribution is 0.408. The van der Waals surface area contributed by atoms with E-state index in [-0.39, 0.29) is 11.2 Å². The molecule has 0 bridgehead atoms. The van der Waals surface area contributed by atoms with E-state index in [0.29, 0.717) is 11.5 Å². The highest BCUT2D eigenvalue weighted by molar-refractivity contribution is 6.58. The first-order valence-corrected chi connectivity index (χ1v) is 5.57. The van der Waals surface area contributed by atoms with Crippen LogP contribution < -0.4 is 14.9 Å². The van der Waals surface area contributed by atoms with Gasteiger partial charge in [0.05, 0.1) is 7.11 Å². The molecule has 4 nitrogen and oxygen atoms in total. The molecule has 0 atom stereocenters. The average Bonchev–Trinajstić information content (AvgIpc) is 2.38. The molecule has 98 valence electrons. The Morgan fingerprint density at radius 3 is 2.32 bits per heavy atom. The minimum atomic E-state index is -1.84. The Kier molecular flexibility index (Phi) is 4.04. The second kappa shape index (κ2) is 5.73. The summed E-state index contributed by atoms with van der Waals surface area (Å²) >= 11 is 0. The van der Waals surface area contributed by atoms with Crippen LogP contribution in [-0.4, -0.2) is 24.3 Å². The smallest absolute Gasteiger partial charge is 0.491 e. The summed E-state index contributed by atoms with van der Waals surface area (Å²) in [4.78, 5) is 0. The van der Waals surface area contributed by atoms with Crippen LogP contribution in [0.25, 0.3) is 0 Å². The molecule has 2 N–H and O–H groups in total. The molecule has 0 fully saturated rings. The molecule has 0 aliphatic carbocycles. The highest BCUT2D eigenvalue weighted by Crippen LogP contribution is 2.25. The van der Waals surface area contributed by atoms with Gasteiger partial charge < -0.3 is 19.5 Å². The normalized spacial score (nSPS) is 10.1. The zero-order chi connectivity index (χ0) is 13.8. The van der Waals surface area contributed by atoms with E-state index in [1.54, 1.807) is 24.3 Å². The molecule has 0 saturated carbocycles. The minimum absolute atomic E-state index is 0.196. The average molecular weight is 262 g/mol. The van der Waals surface area contributed by atoms with Gasteiger partial charge in [-0.3, -0.25) is 0 Å². The fourth-order valence-corrected chi connectivity index (χ4v) is 1.58. The molecule has 0 amide bonds. The molecule has 6 heteroatoms. The number of hydrogen-bond donors (Lipinski definition) is 2. The van der Waals surface area contributed by atoms with Crippen LogP contribution in [0.15, 0.2) is 42.5 Å². The molecule has 2 rings (SSSR count). The van der Waals surface area contributed by atoms with Gasteiger partial charge in [0.15, 0.2) is 0 Å². The number of halogens is 1. The second-order valence-electron chi connectivity index (χ2n) is 3.84. The van der Waals surface area contributed by atoms with Crippen molar-refractivity contribution in [2.24, 2.45) is 0 Å². The Balaban J connectivity index is 2.21. The van der Waals surface area contributed by atoms with Gasteiger partial charge in [0, 0.05) is 17.6 Å². The van der Waals surface area contributed by atoms with Crippen LogP contribution in [0.5, 0.6) is 17.2 Å². The molecule has 0 aliphatic heterocycles. The molecule has 0 radical (unpaired) electrons. The van der Waals surface area contributed by atoms with Crippen LogP contribution in [0.2, 0.25) is 0 Å². The van der Waals surface area contributed by atoms with Gasteiger partial charge in [-0.2, -0.15) is 0 Å². The second-order valence-corrected chi connectivity index (χ2v) is 3.84. The third-order valence-electron chi connectivity index (χ3n) is 2.53. The van der Waals surface area contributed by atoms with Crippen LogP contribution in [0.4, 0.5) is 4.39 Å². The van der Waals surface area contributed by atoms with E-state index in [1.807, 2.05) is 0 Å². The zero-order valence-electron chi connectivity index (χ0n) is 10.2. The van der Waals surface area contributed by atoms with E-state index in [0.717, 1.165) is 6.07 Å². The number of ether oxygens (including phenoxy) is 2. The molecule has 0 heterocycles. The quantitative estimate of drug-likeness (QED) is 0.815. The summed E-state index contributed by atoms with van der Waals surface area (Å²) in [6.07, 6.45) is 0. The SMILES string of the molecule is COc1cccc(Oc2ccc(B(O)O)c(F)c2)c1. The van der Waals surface area contributed by atoms with Crippen LogP contribution in [0, 0.1) is 5.82 Å². The molecule has 19 heavy (non-hydrogen) atoms. The van der Waals surface area contributed by atoms with Crippen LogP contribution >= 0.6 is 0 Å². The van der Waals surface area contributed by atoms with Crippen molar-refractivity contribution in [3.63, 3.8) is 0 Å². The molecule has 2 aromatic rings. The Labute approximate surface area is 110 Å². The van der Waals surface area contributed by atoms with Gasteiger partial charge >= 0.3 is 7.12 Å². The van der Waals surface area contributed by atoms with Gasteiger partial charge in [-0.05, 0) is 18.2 Å². The minimum Gasteiger partial charge on any atom is -0.497 e.